The minimum atomic E-state index is 0.515. The predicted octanol–water partition coefficient (Wildman–Crippen LogP) is 7.30. The molecule has 5 aromatic rings. The fourth-order valence-electron chi connectivity index (χ4n) is 3.73. The summed E-state index contributed by atoms with van der Waals surface area (Å²) in [6, 6.07) is 32.8. The highest BCUT2D eigenvalue weighted by atomic mass is 32.1. The lowest BCUT2D eigenvalue weighted by Crippen LogP contribution is -1.97. The smallest absolute Gasteiger partial charge is 0.204 e. The normalized spacial score (nSPS) is 11.2. The molecule has 4 aromatic carbocycles. The van der Waals surface area contributed by atoms with Crippen LogP contribution in [0.2, 0.25) is 0 Å². The molecule has 5 heteroatoms. The molecule has 0 fully saturated rings. The summed E-state index contributed by atoms with van der Waals surface area (Å²) in [7, 11) is 0. The molecule has 0 spiro atoms. The number of hydrazone groups is 1. The first-order valence-electron chi connectivity index (χ1n) is 10.8. The second-order valence-corrected chi connectivity index (χ2v) is 8.86. The fraction of sp³-hybridized carbons (Fsp3) is 0.0714. The van der Waals surface area contributed by atoms with Gasteiger partial charge in [0.1, 0.15) is 12.4 Å². The molecule has 0 saturated carbocycles. The summed E-state index contributed by atoms with van der Waals surface area (Å²) in [5.41, 5.74) is 7.28. The number of hydrogen-bond donors (Lipinski definition) is 1. The molecule has 1 aromatic heterocycles. The number of rotatable bonds is 7. The van der Waals surface area contributed by atoms with E-state index in [1.54, 1.807) is 17.6 Å². The summed E-state index contributed by atoms with van der Waals surface area (Å²) in [5.74, 6) is 0.809. The first-order valence-corrected chi connectivity index (χ1v) is 11.6. The van der Waals surface area contributed by atoms with Crippen molar-refractivity contribution in [3.05, 3.63) is 113 Å². The molecule has 33 heavy (non-hydrogen) atoms. The number of nitrogens with zero attached hydrogens (tertiary/aromatic N) is 2. The molecule has 0 bridgehead atoms. The maximum atomic E-state index is 6.08. The highest BCUT2D eigenvalue weighted by molar-refractivity contribution is 7.16. The zero-order valence-electron chi connectivity index (χ0n) is 18.2. The van der Waals surface area contributed by atoms with Crippen LogP contribution in [0.1, 0.15) is 16.0 Å². The number of aryl methyl sites for hydroxylation is 1. The number of ether oxygens (including phenoxy) is 1. The first-order chi connectivity index (χ1) is 16.3. The summed E-state index contributed by atoms with van der Waals surface area (Å²) in [4.78, 5) is 5.84. The summed E-state index contributed by atoms with van der Waals surface area (Å²) < 4.78 is 6.08. The van der Waals surface area contributed by atoms with Gasteiger partial charge in [-0.05, 0) is 41.0 Å². The Morgan fingerprint density at radius 2 is 1.70 bits per heavy atom. The maximum absolute atomic E-state index is 6.08. The third-order valence-corrected chi connectivity index (χ3v) is 6.23. The van der Waals surface area contributed by atoms with Crippen molar-refractivity contribution in [3.63, 3.8) is 0 Å². The van der Waals surface area contributed by atoms with Crippen molar-refractivity contribution in [1.82, 2.24) is 4.98 Å². The number of aromatic nitrogens is 1. The fourth-order valence-corrected chi connectivity index (χ4v) is 4.52. The molecule has 162 valence electrons. The lowest BCUT2D eigenvalue weighted by molar-refractivity contribution is 0.307. The van der Waals surface area contributed by atoms with Crippen LogP contribution in [-0.2, 0) is 6.61 Å². The Morgan fingerprint density at radius 1 is 0.909 bits per heavy atom. The van der Waals surface area contributed by atoms with Crippen molar-refractivity contribution in [2.75, 3.05) is 5.43 Å². The van der Waals surface area contributed by atoms with Gasteiger partial charge in [-0.2, -0.15) is 5.10 Å². The van der Waals surface area contributed by atoms with Gasteiger partial charge >= 0.3 is 0 Å². The molecule has 1 N–H and O–H groups in total. The predicted molar refractivity (Wildman–Crippen MR) is 138 cm³/mol. The molecular formula is C28H23N3OS. The molecule has 0 radical (unpaired) electrons. The van der Waals surface area contributed by atoms with Crippen molar-refractivity contribution in [2.24, 2.45) is 5.10 Å². The third-order valence-electron chi connectivity index (χ3n) is 5.35. The van der Waals surface area contributed by atoms with E-state index in [2.05, 4.69) is 77.0 Å². The molecule has 0 amide bonds. The topological polar surface area (TPSA) is 46.5 Å². The van der Waals surface area contributed by atoms with E-state index in [-0.39, 0.29) is 0 Å². The van der Waals surface area contributed by atoms with Gasteiger partial charge in [-0.3, -0.25) is 5.43 Å². The lowest BCUT2D eigenvalue weighted by atomic mass is 10.1. The number of hydrogen-bond acceptors (Lipinski definition) is 5. The van der Waals surface area contributed by atoms with Gasteiger partial charge in [0.2, 0.25) is 5.13 Å². The highest BCUT2D eigenvalue weighted by Gasteiger charge is 2.09. The van der Waals surface area contributed by atoms with Crippen LogP contribution < -0.4 is 10.2 Å². The van der Waals surface area contributed by atoms with Gasteiger partial charge in [0.05, 0.1) is 11.9 Å². The van der Waals surface area contributed by atoms with Crippen LogP contribution in [0, 0.1) is 6.92 Å². The Kier molecular flexibility index (Phi) is 6.13. The van der Waals surface area contributed by atoms with E-state index >= 15 is 0 Å². The maximum Gasteiger partial charge on any atom is 0.204 e. The van der Waals surface area contributed by atoms with Crippen LogP contribution in [0.25, 0.3) is 22.0 Å². The van der Waals surface area contributed by atoms with E-state index in [1.807, 2.05) is 42.5 Å². The van der Waals surface area contributed by atoms with E-state index < -0.39 is 0 Å². The summed E-state index contributed by atoms with van der Waals surface area (Å²) in [6.07, 6.45) is 1.78. The van der Waals surface area contributed by atoms with Crippen LogP contribution in [0.3, 0.4) is 0 Å². The van der Waals surface area contributed by atoms with Gasteiger partial charge < -0.3 is 4.74 Å². The quantitative estimate of drug-likeness (QED) is 0.209. The average molecular weight is 450 g/mol. The van der Waals surface area contributed by atoms with Gasteiger partial charge in [-0.15, -0.1) is 11.3 Å². The Labute approximate surface area is 197 Å². The van der Waals surface area contributed by atoms with Gasteiger partial charge in [-0.1, -0.05) is 84.9 Å². The third kappa shape index (κ3) is 4.94. The van der Waals surface area contributed by atoms with E-state index in [4.69, 9.17) is 4.74 Å². The van der Waals surface area contributed by atoms with E-state index in [9.17, 15) is 0 Å². The van der Waals surface area contributed by atoms with Crippen LogP contribution in [0.5, 0.6) is 5.75 Å². The minimum Gasteiger partial charge on any atom is -0.489 e. The molecule has 0 atom stereocenters. The summed E-state index contributed by atoms with van der Waals surface area (Å²) >= 11 is 1.59. The minimum absolute atomic E-state index is 0.515. The molecular weight excluding hydrogens is 426 g/mol. The average Bonchev–Trinajstić information content (AvgIpc) is 3.24. The molecule has 0 aliphatic heterocycles. The van der Waals surface area contributed by atoms with Crippen molar-refractivity contribution in [2.45, 2.75) is 13.5 Å². The van der Waals surface area contributed by atoms with Crippen molar-refractivity contribution in [1.29, 1.82) is 0 Å². The van der Waals surface area contributed by atoms with Crippen LogP contribution >= 0.6 is 11.3 Å². The SMILES string of the molecule is Cc1sc(N/N=C\c2cccc(OCc3cccc4ccccc34)c2)nc1-c1ccccc1. The molecule has 0 unspecified atom stereocenters. The Bertz CT molecular complexity index is 1400. The molecule has 1 heterocycles. The van der Waals surface area contributed by atoms with Crippen LogP contribution in [-0.4, -0.2) is 11.2 Å². The molecule has 0 aliphatic rings. The highest BCUT2D eigenvalue weighted by Crippen LogP contribution is 2.30. The van der Waals surface area contributed by atoms with Crippen LogP contribution in [0.15, 0.2) is 102 Å². The molecule has 0 saturated heterocycles. The van der Waals surface area contributed by atoms with Crippen molar-refractivity contribution < 1.29 is 4.74 Å². The number of anilines is 1. The van der Waals surface area contributed by atoms with Gasteiger partial charge in [0, 0.05) is 10.4 Å². The van der Waals surface area contributed by atoms with Gasteiger partial charge in [0.25, 0.3) is 0 Å². The first kappa shape index (κ1) is 20.9. The Balaban J connectivity index is 1.24. The van der Waals surface area contributed by atoms with E-state index in [0.29, 0.717) is 6.61 Å². The van der Waals surface area contributed by atoms with E-state index in [1.165, 1.54) is 16.3 Å². The number of benzene rings is 4. The standard InChI is InChI=1S/C28H23N3OS/c1-20-27(23-11-3-2-4-12-23)30-28(33-20)31-29-18-21-9-7-15-25(17-21)32-19-24-14-8-13-22-10-5-6-16-26(22)24/h2-18H,19H2,1H3,(H,30,31)/b29-18-. The van der Waals surface area contributed by atoms with Crippen molar-refractivity contribution >= 4 is 33.5 Å². The zero-order chi connectivity index (χ0) is 22.5. The van der Waals surface area contributed by atoms with E-state index in [0.717, 1.165) is 32.6 Å². The lowest BCUT2D eigenvalue weighted by Gasteiger charge is -2.09. The summed E-state index contributed by atoms with van der Waals surface area (Å²) in [5, 5.41) is 7.59. The van der Waals surface area contributed by atoms with Crippen molar-refractivity contribution in [3.8, 4) is 17.0 Å². The Hall–Kier alpha value is -3.96. The monoisotopic (exact) mass is 449 g/mol. The Morgan fingerprint density at radius 3 is 2.61 bits per heavy atom. The number of thiazole rings is 1. The second kappa shape index (κ2) is 9.67. The zero-order valence-corrected chi connectivity index (χ0v) is 19.0. The molecule has 4 nitrogen and oxygen atoms in total. The largest absolute Gasteiger partial charge is 0.489 e. The molecule has 0 aliphatic carbocycles. The second-order valence-electron chi connectivity index (χ2n) is 7.66. The number of fused-ring (bicyclic) bond motifs is 1. The summed E-state index contributed by atoms with van der Waals surface area (Å²) in [6.45, 7) is 2.59. The van der Waals surface area contributed by atoms with Crippen LogP contribution in [0.4, 0.5) is 5.13 Å². The number of nitrogens with one attached hydrogen (secondary N) is 1. The van der Waals surface area contributed by atoms with Gasteiger partial charge in [-0.25, -0.2) is 4.98 Å². The van der Waals surface area contributed by atoms with Gasteiger partial charge in [0.15, 0.2) is 0 Å². The molecule has 5 rings (SSSR count).